The molecule has 0 N–H and O–H groups in total. The van der Waals surface area contributed by atoms with E-state index in [1.807, 2.05) is 31.2 Å². The third kappa shape index (κ3) is 5.40. The Hall–Kier alpha value is -3.23. The van der Waals surface area contributed by atoms with Gasteiger partial charge in [-0.25, -0.2) is 4.98 Å². The van der Waals surface area contributed by atoms with E-state index in [0.29, 0.717) is 60.8 Å². The highest BCUT2D eigenvalue weighted by molar-refractivity contribution is 5.97. The van der Waals surface area contributed by atoms with Gasteiger partial charge >= 0.3 is 0 Å². The summed E-state index contributed by atoms with van der Waals surface area (Å²) in [5.41, 5.74) is 0.900. The number of carbonyl (C=O) groups is 1. The summed E-state index contributed by atoms with van der Waals surface area (Å²) in [6, 6.07) is 13.9. The van der Waals surface area contributed by atoms with E-state index < -0.39 is 6.04 Å². The van der Waals surface area contributed by atoms with Gasteiger partial charge in [-0.05, 0) is 37.6 Å². The number of benzene rings is 2. The molecule has 0 fully saturated rings. The van der Waals surface area contributed by atoms with Crippen LogP contribution < -0.4 is 10.3 Å². The van der Waals surface area contributed by atoms with E-state index in [1.54, 1.807) is 48.0 Å². The number of carbonyl (C=O) groups excluding carboxylic acids is 1. The van der Waals surface area contributed by atoms with Gasteiger partial charge < -0.3 is 19.1 Å². The smallest absolute Gasteiger partial charge is 0.261 e. The molecule has 1 unspecified atom stereocenters. The molecule has 1 amide bonds. The van der Waals surface area contributed by atoms with Crippen LogP contribution in [0, 0.1) is 0 Å². The summed E-state index contributed by atoms with van der Waals surface area (Å²) in [4.78, 5) is 33.5. The van der Waals surface area contributed by atoms with Crippen molar-refractivity contribution in [2.45, 2.75) is 25.9 Å². The first-order valence-electron chi connectivity index (χ1n) is 10.9. The minimum absolute atomic E-state index is 0.152. The van der Waals surface area contributed by atoms with Gasteiger partial charge in [-0.3, -0.25) is 14.2 Å². The van der Waals surface area contributed by atoms with Crippen molar-refractivity contribution in [3.63, 3.8) is 0 Å². The fourth-order valence-electron chi connectivity index (χ4n) is 3.87. The second-order valence-electron chi connectivity index (χ2n) is 7.66. The molecule has 3 aromatic rings. The number of ether oxygens (including phenoxy) is 3. The van der Waals surface area contributed by atoms with Gasteiger partial charge in [0, 0.05) is 27.4 Å². The Labute approximate surface area is 193 Å². The number of para-hydroxylation sites is 2. The molecule has 176 valence electrons. The number of amides is 1. The Balaban J connectivity index is 2.10. The van der Waals surface area contributed by atoms with E-state index in [0.717, 1.165) is 0 Å². The van der Waals surface area contributed by atoms with Crippen LogP contribution in [0.15, 0.2) is 53.3 Å². The van der Waals surface area contributed by atoms with Gasteiger partial charge in [0.1, 0.15) is 11.6 Å². The minimum Gasteiger partial charge on any atom is -0.496 e. The lowest BCUT2D eigenvalue weighted by Gasteiger charge is -2.31. The predicted molar refractivity (Wildman–Crippen MR) is 127 cm³/mol. The van der Waals surface area contributed by atoms with Crippen LogP contribution >= 0.6 is 0 Å². The second-order valence-corrected chi connectivity index (χ2v) is 7.66. The molecule has 1 heterocycles. The fourth-order valence-corrected chi connectivity index (χ4v) is 3.87. The molecule has 3 rings (SSSR count). The molecule has 0 radical (unpaired) electrons. The molecule has 0 bridgehead atoms. The van der Waals surface area contributed by atoms with Crippen LogP contribution in [0.5, 0.6) is 5.75 Å². The van der Waals surface area contributed by atoms with E-state index in [-0.39, 0.29) is 11.5 Å². The summed E-state index contributed by atoms with van der Waals surface area (Å²) in [7, 11) is 4.76. The third-order valence-electron chi connectivity index (χ3n) is 5.60. The lowest BCUT2D eigenvalue weighted by molar-refractivity contribution is 0.0650. The fraction of sp³-hybridized carbons (Fsp3) is 0.400. The van der Waals surface area contributed by atoms with E-state index in [9.17, 15) is 9.59 Å². The van der Waals surface area contributed by atoms with Crippen molar-refractivity contribution in [2.24, 2.45) is 0 Å². The van der Waals surface area contributed by atoms with Crippen molar-refractivity contribution in [2.75, 3.05) is 41.1 Å². The van der Waals surface area contributed by atoms with E-state index in [1.165, 1.54) is 7.11 Å². The minimum atomic E-state index is -0.478. The molecular weight excluding hydrogens is 422 g/mol. The monoisotopic (exact) mass is 453 g/mol. The van der Waals surface area contributed by atoms with E-state index in [4.69, 9.17) is 19.2 Å². The van der Waals surface area contributed by atoms with Crippen LogP contribution in [-0.2, 0) is 16.0 Å². The van der Waals surface area contributed by atoms with Crippen LogP contribution in [0.4, 0.5) is 0 Å². The summed E-state index contributed by atoms with van der Waals surface area (Å²) in [5.74, 6) is 0.808. The van der Waals surface area contributed by atoms with Gasteiger partial charge in [0.25, 0.3) is 11.5 Å². The normalized spacial score (nSPS) is 12.0. The van der Waals surface area contributed by atoms with Crippen LogP contribution in [0.3, 0.4) is 0 Å². The van der Waals surface area contributed by atoms with Crippen LogP contribution in [0.2, 0.25) is 0 Å². The molecule has 0 aliphatic rings. The number of fused-ring (bicyclic) bond motifs is 1. The maximum Gasteiger partial charge on any atom is 0.261 e. The molecule has 33 heavy (non-hydrogen) atoms. The van der Waals surface area contributed by atoms with Crippen molar-refractivity contribution in [1.29, 1.82) is 0 Å². The van der Waals surface area contributed by atoms with Crippen molar-refractivity contribution in [3.05, 3.63) is 70.3 Å². The Bertz CT molecular complexity index is 1140. The first-order chi connectivity index (χ1) is 16.0. The maximum atomic E-state index is 13.7. The van der Waals surface area contributed by atoms with Crippen LogP contribution in [-0.4, -0.2) is 61.4 Å². The van der Waals surface area contributed by atoms with Gasteiger partial charge in [0.05, 0.1) is 42.8 Å². The molecule has 2 aromatic carbocycles. The van der Waals surface area contributed by atoms with Gasteiger partial charge in [0.2, 0.25) is 0 Å². The topological polar surface area (TPSA) is 82.9 Å². The highest BCUT2D eigenvalue weighted by Gasteiger charge is 2.28. The number of methoxy groups -OCH3 is 3. The molecule has 1 aromatic heterocycles. The summed E-state index contributed by atoms with van der Waals surface area (Å²) in [6.07, 6.45) is 0.637. The molecule has 0 aliphatic heterocycles. The Morgan fingerprint density at radius 3 is 2.45 bits per heavy atom. The quantitative estimate of drug-likeness (QED) is 0.415. The number of hydrogen-bond donors (Lipinski definition) is 0. The Kier molecular flexibility index (Phi) is 8.57. The Morgan fingerprint density at radius 2 is 1.73 bits per heavy atom. The van der Waals surface area contributed by atoms with Gasteiger partial charge in [-0.2, -0.15) is 0 Å². The summed E-state index contributed by atoms with van der Waals surface area (Å²) in [5, 5.41) is 0.534. The molecule has 0 saturated carbocycles. The predicted octanol–water partition coefficient (Wildman–Crippen LogP) is 3.29. The zero-order valence-electron chi connectivity index (χ0n) is 19.6. The zero-order chi connectivity index (χ0) is 23.8. The molecule has 0 spiro atoms. The van der Waals surface area contributed by atoms with E-state index >= 15 is 0 Å². The summed E-state index contributed by atoms with van der Waals surface area (Å²) in [6.45, 7) is 3.51. The lowest BCUT2D eigenvalue weighted by Crippen LogP contribution is -2.39. The number of hydrogen-bond acceptors (Lipinski definition) is 6. The van der Waals surface area contributed by atoms with Gasteiger partial charge in [0.15, 0.2) is 0 Å². The molecule has 1 atom stereocenters. The standard InChI is InChI=1S/C25H31N3O5/c1-18(23-26-21-12-7-5-10-19(21)24(29)28(23)15-17-32-3)27(14-9-16-31-2)25(30)20-11-6-8-13-22(20)33-4/h5-8,10-13,18H,9,14-17H2,1-4H3. The largest absolute Gasteiger partial charge is 0.496 e. The lowest BCUT2D eigenvalue weighted by atomic mass is 10.1. The SMILES string of the molecule is COCCCN(C(=O)c1ccccc1OC)C(C)c1nc2ccccc2c(=O)n1CCOC. The van der Waals surface area contributed by atoms with Crippen molar-refractivity contribution in [1.82, 2.24) is 14.5 Å². The number of aromatic nitrogens is 2. The molecule has 8 nitrogen and oxygen atoms in total. The number of nitrogens with zero attached hydrogens (tertiary/aromatic N) is 3. The van der Waals surface area contributed by atoms with Gasteiger partial charge in [-0.1, -0.05) is 24.3 Å². The maximum absolute atomic E-state index is 13.7. The number of rotatable bonds is 11. The first kappa shape index (κ1) is 24.4. The highest BCUT2D eigenvalue weighted by atomic mass is 16.5. The average molecular weight is 454 g/mol. The first-order valence-corrected chi connectivity index (χ1v) is 10.9. The van der Waals surface area contributed by atoms with Crippen molar-refractivity contribution in [3.8, 4) is 5.75 Å². The third-order valence-corrected chi connectivity index (χ3v) is 5.60. The summed E-state index contributed by atoms with van der Waals surface area (Å²) < 4.78 is 17.5. The molecular formula is C25H31N3O5. The van der Waals surface area contributed by atoms with Gasteiger partial charge in [-0.15, -0.1) is 0 Å². The second kappa shape index (κ2) is 11.6. The van der Waals surface area contributed by atoms with Crippen molar-refractivity contribution < 1.29 is 19.0 Å². The highest BCUT2D eigenvalue weighted by Crippen LogP contribution is 2.26. The van der Waals surface area contributed by atoms with Crippen LogP contribution in [0.1, 0.15) is 35.6 Å². The average Bonchev–Trinajstić information content (AvgIpc) is 2.85. The van der Waals surface area contributed by atoms with E-state index in [2.05, 4.69) is 0 Å². The Morgan fingerprint density at radius 1 is 1.03 bits per heavy atom. The van der Waals surface area contributed by atoms with Crippen molar-refractivity contribution >= 4 is 16.8 Å². The molecule has 0 saturated heterocycles. The molecule has 0 aliphatic carbocycles. The zero-order valence-corrected chi connectivity index (χ0v) is 19.6. The van der Waals surface area contributed by atoms with Crippen LogP contribution in [0.25, 0.3) is 10.9 Å². The summed E-state index contributed by atoms with van der Waals surface area (Å²) >= 11 is 0. The molecule has 8 heteroatoms.